The number of aromatic nitrogens is 2. The predicted octanol–water partition coefficient (Wildman–Crippen LogP) is 2.16. The summed E-state index contributed by atoms with van der Waals surface area (Å²) in [6.07, 6.45) is -2.08. The van der Waals surface area contributed by atoms with Gasteiger partial charge in [-0.2, -0.15) is 13.2 Å². The molecule has 104 valence electrons. The van der Waals surface area contributed by atoms with E-state index in [1.165, 1.54) is 0 Å². The zero-order chi connectivity index (χ0) is 14.0. The van der Waals surface area contributed by atoms with E-state index in [9.17, 15) is 23.3 Å². The van der Waals surface area contributed by atoms with Crippen molar-refractivity contribution in [1.29, 1.82) is 0 Å². The summed E-state index contributed by atoms with van der Waals surface area (Å²) in [5.41, 5.74) is -0.242. The lowest BCUT2D eigenvalue weighted by atomic mass is 9.96. The summed E-state index contributed by atoms with van der Waals surface area (Å²) in [6, 6.07) is 0. The molecule has 0 spiro atoms. The molecule has 1 aromatic rings. The number of rotatable bonds is 2. The molecule has 0 aliphatic carbocycles. The Morgan fingerprint density at radius 1 is 1.26 bits per heavy atom. The van der Waals surface area contributed by atoms with Gasteiger partial charge in [0.1, 0.15) is 12.4 Å². The maximum Gasteiger partial charge on any atom is 0.391 e. The zero-order valence-corrected chi connectivity index (χ0v) is 9.80. The molecule has 0 saturated carbocycles. The van der Waals surface area contributed by atoms with Crippen molar-refractivity contribution in [2.24, 2.45) is 5.92 Å². The fourth-order valence-corrected chi connectivity index (χ4v) is 1.98. The number of nitrogens with zero attached hydrogens (tertiary/aromatic N) is 4. The molecule has 19 heavy (non-hydrogen) atoms. The Bertz CT molecular complexity index is 455. The summed E-state index contributed by atoms with van der Waals surface area (Å²) in [5.74, 6) is -1.06. The largest absolute Gasteiger partial charge is 0.391 e. The molecule has 0 N–H and O–H groups in total. The Hall–Kier alpha value is -1.93. The molecular weight excluding hydrogens is 265 g/mol. The Balaban J connectivity index is 2.00. The number of halogens is 3. The quantitative estimate of drug-likeness (QED) is 0.611. The van der Waals surface area contributed by atoms with Crippen LogP contribution >= 0.6 is 0 Å². The van der Waals surface area contributed by atoms with Crippen LogP contribution in [0.4, 0.5) is 24.8 Å². The highest BCUT2D eigenvalue weighted by Gasteiger charge is 2.41. The van der Waals surface area contributed by atoms with Crippen LogP contribution in [0.25, 0.3) is 0 Å². The number of anilines is 1. The molecule has 2 heterocycles. The minimum atomic E-state index is -4.16. The van der Waals surface area contributed by atoms with E-state index in [4.69, 9.17) is 0 Å². The summed E-state index contributed by atoms with van der Waals surface area (Å²) in [7, 11) is 0. The lowest BCUT2D eigenvalue weighted by Crippen LogP contribution is -2.39. The average molecular weight is 276 g/mol. The molecule has 0 unspecified atom stereocenters. The van der Waals surface area contributed by atoms with Gasteiger partial charge in [-0.15, -0.1) is 0 Å². The highest BCUT2D eigenvalue weighted by molar-refractivity contribution is 5.34. The summed E-state index contributed by atoms with van der Waals surface area (Å²) in [5, 5.41) is 10.4. The van der Waals surface area contributed by atoms with Crippen LogP contribution in [-0.2, 0) is 0 Å². The Kier molecular flexibility index (Phi) is 3.54. The van der Waals surface area contributed by atoms with Gasteiger partial charge in [-0.3, -0.25) is 10.1 Å². The third-order valence-corrected chi connectivity index (χ3v) is 3.08. The van der Waals surface area contributed by atoms with Crippen molar-refractivity contribution in [2.75, 3.05) is 18.0 Å². The summed E-state index contributed by atoms with van der Waals surface area (Å²) in [4.78, 5) is 19.0. The second-order valence-corrected chi connectivity index (χ2v) is 4.30. The molecule has 0 atom stereocenters. The van der Waals surface area contributed by atoms with Gasteiger partial charge in [0.15, 0.2) is 0 Å². The van der Waals surface area contributed by atoms with Gasteiger partial charge in [-0.05, 0) is 12.8 Å². The third-order valence-electron chi connectivity index (χ3n) is 3.08. The topological polar surface area (TPSA) is 72.2 Å². The first-order chi connectivity index (χ1) is 8.88. The smallest absolute Gasteiger partial charge is 0.341 e. The Labute approximate surface area is 106 Å². The molecular formula is C10H11F3N4O2. The minimum Gasteiger partial charge on any atom is -0.341 e. The summed E-state index contributed by atoms with van der Waals surface area (Å²) < 4.78 is 37.5. The number of hydrogen-bond acceptors (Lipinski definition) is 5. The van der Waals surface area contributed by atoms with E-state index in [0.29, 0.717) is 0 Å². The highest BCUT2D eigenvalue weighted by atomic mass is 19.4. The Morgan fingerprint density at radius 3 is 2.21 bits per heavy atom. The molecule has 1 saturated heterocycles. The van der Waals surface area contributed by atoms with Crippen LogP contribution in [0.5, 0.6) is 0 Å². The fraction of sp³-hybridized carbons (Fsp3) is 0.600. The second-order valence-electron chi connectivity index (χ2n) is 4.30. The molecule has 0 aromatic carbocycles. The van der Waals surface area contributed by atoms with Crippen LogP contribution in [0.15, 0.2) is 12.4 Å². The number of nitro groups is 1. The van der Waals surface area contributed by atoms with Gasteiger partial charge < -0.3 is 4.90 Å². The van der Waals surface area contributed by atoms with Crippen LogP contribution in [0.3, 0.4) is 0 Å². The molecule has 1 fully saturated rings. The van der Waals surface area contributed by atoms with Crippen LogP contribution in [0.1, 0.15) is 12.8 Å². The number of alkyl halides is 3. The first-order valence-corrected chi connectivity index (χ1v) is 5.66. The van der Waals surface area contributed by atoms with Crippen molar-refractivity contribution < 1.29 is 18.1 Å². The van der Waals surface area contributed by atoms with Crippen molar-refractivity contribution in [2.45, 2.75) is 19.0 Å². The normalized spacial score (nSPS) is 17.5. The van der Waals surface area contributed by atoms with Crippen LogP contribution in [0, 0.1) is 16.0 Å². The highest BCUT2D eigenvalue weighted by Crippen LogP contribution is 2.34. The fourth-order valence-electron chi connectivity index (χ4n) is 1.98. The maximum absolute atomic E-state index is 12.5. The van der Waals surface area contributed by atoms with E-state index in [-0.39, 0.29) is 37.6 Å². The average Bonchev–Trinajstić information content (AvgIpc) is 2.38. The molecule has 1 aliphatic rings. The van der Waals surface area contributed by atoms with Gasteiger partial charge in [-0.1, -0.05) is 0 Å². The van der Waals surface area contributed by atoms with E-state index >= 15 is 0 Å². The molecule has 0 bridgehead atoms. The van der Waals surface area contributed by atoms with Crippen molar-refractivity contribution in [3.8, 4) is 0 Å². The number of piperidine rings is 1. The van der Waals surface area contributed by atoms with E-state index in [0.717, 1.165) is 12.4 Å². The lowest BCUT2D eigenvalue weighted by molar-refractivity contribution is -0.385. The SMILES string of the molecule is O=[N+]([O-])c1cnc(N2CCC(C(F)(F)F)CC2)nc1. The van der Waals surface area contributed by atoms with E-state index in [1.54, 1.807) is 4.90 Å². The summed E-state index contributed by atoms with van der Waals surface area (Å²) >= 11 is 0. The van der Waals surface area contributed by atoms with Gasteiger partial charge in [-0.25, -0.2) is 9.97 Å². The molecule has 1 aromatic heterocycles. The standard InChI is InChI=1S/C10H11F3N4O2/c11-10(12,13)7-1-3-16(4-2-7)9-14-5-8(6-15-9)17(18)19/h5-7H,1-4H2. The van der Waals surface area contributed by atoms with Gasteiger partial charge in [0.05, 0.1) is 10.8 Å². The van der Waals surface area contributed by atoms with E-state index in [1.807, 2.05) is 0 Å². The predicted molar refractivity (Wildman–Crippen MR) is 59.7 cm³/mol. The van der Waals surface area contributed by atoms with Crippen molar-refractivity contribution in [1.82, 2.24) is 9.97 Å². The van der Waals surface area contributed by atoms with Gasteiger partial charge in [0.25, 0.3) is 0 Å². The zero-order valence-electron chi connectivity index (χ0n) is 9.80. The van der Waals surface area contributed by atoms with Crippen LogP contribution in [-0.4, -0.2) is 34.2 Å². The third kappa shape index (κ3) is 3.09. The number of hydrogen-bond donors (Lipinski definition) is 0. The monoisotopic (exact) mass is 276 g/mol. The molecule has 9 heteroatoms. The van der Waals surface area contributed by atoms with Crippen LogP contribution in [0.2, 0.25) is 0 Å². The van der Waals surface area contributed by atoms with E-state index < -0.39 is 17.0 Å². The summed E-state index contributed by atoms with van der Waals surface area (Å²) in [6.45, 7) is 0.393. The molecule has 2 rings (SSSR count). The first kappa shape index (κ1) is 13.5. The van der Waals surface area contributed by atoms with Crippen molar-refractivity contribution in [3.05, 3.63) is 22.5 Å². The molecule has 0 amide bonds. The molecule has 1 aliphatic heterocycles. The van der Waals surface area contributed by atoms with Crippen LogP contribution < -0.4 is 4.90 Å². The minimum absolute atomic E-state index is 0.0101. The molecule has 6 nitrogen and oxygen atoms in total. The first-order valence-electron chi connectivity index (χ1n) is 5.66. The second kappa shape index (κ2) is 4.98. The lowest BCUT2D eigenvalue weighted by Gasteiger charge is -2.32. The molecule has 0 radical (unpaired) electrons. The van der Waals surface area contributed by atoms with Gasteiger partial charge >= 0.3 is 11.9 Å². The Morgan fingerprint density at radius 2 is 1.79 bits per heavy atom. The van der Waals surface area contributed by atoms with Crippen molar-refractivity contribution >= 4 is 11.6 Å². The van der Waals surface area contributed by atoms with Gasteiger partial charge in [0, 0.05) is 13.1 Å². The van der Waals surface area contributed by atoms with Crippen molar-refractivity contribution in [3.63, 3.8) is 0 Å². The van der Waals surface area contributed by atoms with Gasteiger partial charge in [0.2, 0.25) is 5.95 Å². The maximum atomic E-state index is 12.5. The van der Waals surface area contributed by atoms with E-state index in [2.05, 4.69) is 9.97 Å².